The molecule has 3 rings (SSSR count). The molecule has 3 aromatic carbocycles. The summed E-state index contributed by atoms with van der Waals surface area (Å²) >= 11 is 0. The van der Waals surface area contributed by atoms with Crippen LogP contribution >= 0.6 is 12.4 Å². The van der Waals surface area contributed by atoms with E-state index in [2.05, 4.69) is 5.32 Å². The molecule has 0 bridgehead atoms. The van der Waals surface area contributed by atoms with Crippen LogP contribution in [0.1, 0.15) is 21.5 Å². The Bertz CT molecular complexity index is 963. The normalized spacial score (nSPS) is 10.1. The maximum Gasteiger partial charge on any atom is 0.180 e. The molecule has 0 spiro atoms. The monoisotopic (exact) mass is 441 g/mol. The summed E-state index contributed by atoms with van der Waals surface area (Å²) in [4.78, 5) is 12.7. The molecular formula is C25H28ClNO4. The van der Waals surface area contributed by atoms with Crippen molar-refractivity contribution in [3.8, 4) is 17.2 Å². The predicted molar refractivity (Wildman–Crippen MR) is 125 cm³/mol. The lowest BCUT2D eigenvalue weighted by Gasteiger charge is -2.12. The van der Waals surface area contributed by atoms with Crippen LogP contribution in [0.4, 0.5) is 0 Å². The van der Waals surface area contributed by atoms with Crippen molar-refractivity contribution in [3.05, 3.63) is 89.5 Å². The van der Waals surface area contributed by atoms with Crippen LogP contribution < -0.4 is 19.5 Å². The van der Waals surface area contributed by atoms with Crippen LogP contribution in [0.2, 0.25) is 0 Å². The van der Waals surface area contributed by atoms with Crippen molar-refractivity contribution in [2.45, 2.75) is 13.0 Å². The van der Waals surface area contributed by atoms with E-state index < -0.39 is 0 Å². The SMILES string of the molecule is COc1ccc(CCNCC(=O)c2ccccc2OCc2ccccc2)cc1OC.Cl. The Morgan fingerprint density at radius 3 is 2.26 bits per heavy atom. The first kappa shape index (κ1) is 24.3. The van der Waals surface area contributed by atoms with E-state index in [0.29, 0.717) is 36.0 Å². The number of rotatable bonds is 11. The zero-order valence-electron chi connectivity index (χ0n) is 17.8. The molecule has 0 atom stereocenters. The van der Waals surface area contributed by atoms with E-state index in [-0.39, 0.29) is 24.7 Å². The summed E-state index contributed by atoms with van der Waals surface area (Å²) in [7, 11) is 3.24. The van der Waals surface area contributed by atoms with Crippen LogP contribution in [-0.4, -0.2) is 33.1 Å². The van der Waals surface area contributed by atoms with Gasteiger partial charge in [0.05, 0.1) is 26.3 Å². The quantitative estimate of drug-likeness (QED) is 0.344. The molecule has 31 heavy (non-hydrogen) atoms. The van der Waals surface area contributed by atoms with Crippen molar-refractivity contribution in [2.75, 3.05) is 27.3 Å². The molecule has 0 unspecified atom stereocenters. The van der Waals surface area contributed by atoms with Gasteiger partial charge in [-0.25, -0.2) is 0 Å². The Balaban J connectivity index is 0.00000341. The van der Waals surface area contributed by atoms with E-state index in [0.717, 1.165) is 17.5 Å². The maximum absolute atomic E-state index is 12.7. The number of benzene rings is 3. The number of hydrogen-bond acceptors (Lipinski definition) is 5. The molecule has 0 fully saturated rings. The second kappa shape index (κ2) is 12.6. The highest BCUT2D eigenvalue weighted by molar-refractivity contribution is 6.00. The Morgan fingerprint density at radius 2 is 1.52 bits per heavy atom. The minimum absolute atomic E-state index is 0. The van der Waals surface area contributed by atoms with Crippen molar-refractivity contribution in [1.29, 1.82) is 0 Å². The van der Waals surface area contributed by atoms with Gasteiger partial charge in [0.25, 0.3) is 0 Å². The molecule has 0 aliphatic rings. The number of methoxy groups -OCH3 is 2. The molecule has 164 valence electrons. The highest BCUT2D eigenvalue weighted by Gasteiger charge is 2.12. The zero-order valence-corrected chi connectivity index (χ0v) is 18.6. The Morgan fingerprint density at radius 1 is 0.806 bits per heavy atom. The Labute approximate surface area is 189 Å². The smallest absolute Gasteiger partial charge is 0.180 e. The third-order valence-corrected chi connectivity index (χ3v) is 4.75. The van der Waals surface area contributed by atoms with E-state index in [1.807, 2.05) is 66.7 Å². The molecule has 0 saturated carbocycles. The lowest BCUT2D eigenvalue weighted by molar-refractivity contribution is 0.0987. The van der Waals surface area contributed by atoms with Crippen LogP contribution in [0, 0.1) is 0 Å². The van der Waals surface area contributed by atoms with Crippen molar-refractivity contribution < 1.29 is 19.0 Å². The molecule has 3 aromatic rings. The molecule has 6 heteroatoms. The van der Waals surface area contributed by atoms with Gasteiger partial charge in [0.15, 0.2) is 17.3 Å². The first-order valence-corrected chi connectivity index (χ1v) is 9.92. The van der Waals surface area contributed by atoms with E-state index in [9.17, 15) is 4.79 Å². The second-order valence-electron chi connectivity index (χ2n) is 6.81. The van der Waals surface area contributed by atoms with Gasteiger partial charge >= 0.3 is 0 Å². The minimum atomic E-state index is 0. The maximum atomic E-state index is 12.7. The molecule has 0 radical (unpaired) electrons. The fraction of sp³-hybridized carbons (Fsp3) is 0.240. The van der Waals surface area contributed by atoms with Gasteiger partial charge in [0.2, 0.25) is 0 Å². The Hall–Kier alpha value is -3.02. The summed E-state index contributed by atoms with van der Waals surface area (Å²) in [5.74, 6) is 2.02. The lowest BCUT2D eigenvalue weighted by atomic mass is 10.1. The average molecular weight is 442 g/mol. The zero-order chi connectivity index (χ0) is 21.2. The summed E-state index contributed by atoms with van der Waals surface area (Å²) in [6.07, 6.45) is 0.778. The topological polar surface area (TPSA) is 56.8 Å². The highest BCUT2D eigenvalue weighted by Crippen LogP contribution is 2.27. The van der Waals surface area contributed by atoms with Crippen LogP contribution in [0.25, 0.3) is 0 Å². The van der Waals surface area contributed by atoms with Crippen LogP contribution in [0.15, 0.2) is 72.8 Å². The van der Waals surface area contributed by atoms with E-state index in [1.54, 1.807) is 20.3 Å². The largest absolute Gasteiger partial charge is 0.493 e. The minimum Gasteiger partial charge on any atom is -0.493 e. The molecule has 5 nitrogen and oxygen atoms in total. The van der Waals surface area contributed by atoms with Gasteiger partial charge in [0.1, 0.15) is 12.4 Å². The van der Waals surface area contributed by atoms with Gasteiger partial charge in [-0.2, -0.15) is 0 Å². The fourth-order valence-corrected chi connectivity index (χ4v) is 3.12. The number of ketones is 1. The van der Waals surface area contributed by atoms with Crippen molar-refractivity contribution >= 4 is 18.2 Å². The number of carbonyl (C=O) groups is 1. The van der Waals surface area contributed by atoms with Crippen LogP contribution in [0.3, 0.4) is 0 Å². The molecule has 0 heterocycles. The molecule has 0 saturated heterocycles. The molecule has 1 N–H and O–H groups in total. The average Bonchev–Trinajstić information content (AvgIpc) is 2.81. The highest BCUT2D eigenvalue weighted by atomic mass is 35.5. The third kappa shape index (κ3) is 7.02. The van der Waals surface area contributed by atoms with Crippen molar-refractivity contribution in [1.82, 2.24) is 5.32 Å². The lowest BCUT2D eigenvalue weighted by Crippen LogP contribution is -2.25. The first-order chi connectivity index (χ1) is 14.7. The number of para-hydroxylation sites is 1. The van der Waals surface area contributed by atoms with Crippen LogP contribution in [-0.2, 0) is 13.0 Å². The number of Topliss-reactive ketones (excluding diaryl/α,β-unsaturated/α-hetero) is 1. The number of ether oxygens (including phenoxy) is 3. The number of nitrogens with one attached hydrogen (secondary N) is 1. The fourth-order valence-electron chi connectivity index (χ4n) is 3.12. The summed E-state index contributed by atoms with van der Waals surface area (Å²) in [6.45, 7) is 1.35. The molecular weight excluding hydrogens is 414 g/mol. The molecule has 0 aromatic heterocycles. The van der Waals surface area contributed by atoms with Gasteiger partial charge in [-0.3, -0.25) is 4.79 Å². The van der Waals surface area contributed by atoms with Gasteiger partial charge in [0, 0.05) is 0 Å². The summed E-state index contributed by atoms with van der Waals surface area (Å²) in [6, 6.07) is 23.1. The van der Waals surface area contributed by atoms with Crippen LogP contribution in [0.5, 0.6) is 17.2 Å². The molecule has 0 aliphatic carbocycles. The van der Waals surface area contributed by atoms with Crippen molar-refractivity contribution in [3.63, 3.8) is 0 Å². The Kier molecular flexibility index (Phi) is 9.88. The number of carbonyl (C=O) groups excluding carboxylic acids is 1. The van der Waals surface area contributed by atoms with Gasteiger partial charge in [-0.05, 0) is 48.4 Å². The van der Waals surface area contributed by atoms with Crippen molar-refractivity contribution in [2.24, 2.45) is 0 Å². The van der Waals surface area contributed by atoms with E-state index >= 15 is 0 Å². The third-order valence-electron chi connectivity index (χ3n) is 4.75. The van der Waals surface area contributed by atoms with Gasteiger partial charge in [-0.1, -0.05) is 48.5 Å². The summed E-state index contributed by atoms with van der Waals surface area (Å²) in [5.41, 5.74) is 2.76. The number of hydrogen-bond donors (Lipinski definition) is 1. The molecule has 0 aliphatic heterocycles. The first-order valence-electron chi connectivity index (χ1n) is 9.92. The van der Waals surface area contributed by atoms with Gasteiger partial charge in [-0.15, -0.1) is 12.4 Å². The molecule has 0 amide bonds. The van der Waals surface area contributed by atoms with E-state index in [1.165, 1.54) is 0 Å². The van der Waals surface area contributed by atoms with Gasteiger partial charge < -0.3 is 19.5 Å². The standard InChI is InChI=1S/C25H27NO4.ClH/c1-28-24-13-12-19(16-25(24)29-2)14-15-26-17-22(27)21-10-6-7-11-23(21)30-18-20-8-4-3-5-9-20;/h3-13,16,26H,14-15,17-18H2,1-2H3;1H. The second-order valence-corrected chi connectivity index (χ2v) is 6.81. The summed E-state index contributed by atoms with van der Waals surface area (Å²) in [5, 5.41) is 3.22. The predicted octanol–water partition coefficient (Wildman–Crippen LogP) is 4.72. The van der Waals surface area contributed by atoms with E-state index in [4.69, 9.17) is 14.2 Å². The summed E-state index contributed by atoms with van der Waals surface area (Å²) < 4.78 is 16.5. The number of halogens is 1.